The molecule has 4 aromatic rings. The van der Waals surface area contributed by atoms with Gasteiger partial charge in [-0.05, 0) is 36.2 Å². The van der Waals surface area contributed by atoms with Crippen molar-refractivity contribution in [2.24, 2.45) is 0 Å². The van der Waals surface area contributed by atoms with Crippen LogP contribution in [0.5, 0.6) is 5.75 Å². The van der Waals surface area contributed by atoms with Crippen LogP contribution in [0.2, 0.25) is 0 Å². The zero-order chi connectivity index (χ0) is 25.2. The molecule has 0 saturated carbocycles. The second-order valence-electron chi connectivity index (χ2n) is 8.86. The van der Waals surface area contributed by atoms with E-state index >= 15 is 0 Å². The smallest absolute Gasteiger partial charge is 0.280 e. The van der Waals surface area contributed by atoms with E-state index in [2.05, 4.69) is 34.0 Å². The van der Waals surface area contributed by atoms with E-state index in [-0.39, 0.29) is 22.8 Å². The molecule has 7 nitrogen and oxygen atoms in total. The average molecular weight is 492 g/mol. The fourth-order valence-corrected chi connectivity index (χ4v) is 4.59. The summed E-state index contributed by atoms with van der Waals surface area (Å²) >= 11 is 0. The zero-order valence-corrected chi connectivity index (χ0v) is 20.2. The molecule has 3 heterocycles. The van der Waals surface area contributed by atoms with Gasteiger partial charge in [-0.3, -0.25) is 9.69 Å². The molecular weight excluding hydrogens is 464 g/mol. The summed E-state index contributed by atoms with van der Waals surface area (Å²) in [6.07, 6.45) is -1.46. The van der Waals surface area contributed by atoms with Crippen LogP contribution in [-0.4, -0.2) is 63.6 Å². The predicted molar refractivity (Wildman–Crippen MR) is 132 cm³/mol. The molecule has 36 heavy (non-hydrogen) atoms. The molecule has 0 radical (unpaired) electrons. The van der Waals surface area contributed by atoms with Gasteiger partial charge in [-0.15, -0.1) is 0 Å². The fourth-order valence-electron chi connectivity index (χ4n) is 4.59. The molecule has 1 fully saturated rings. The number of nitrogens with zero attached hydrogens (tertiary/aromatic N) is 5. The first kappa shape index (κ1) is 23.9. The van der Waals surface area contributed by atoms with Crippen LogP contribution in [0.25, 0.3) is 16.9 Å². The normalized spacial score (nSPS) is 14.5. The van der Waals surface area contributed by atoms with Crippen LogP contribution in [0.1, 0.15) is 33.6 Å². The molecule has 0 bridgehead atoms. The number of para-hydroxylation sites is 1. The van der Waals surface area contributed by atoms with Gasteiger partial charge in [0.25, 0.3) is 12.3 Å². The Morgan fingerprint density at radius 1 is 1.06 bits per heavy atom. The van der Waals surface area contributed by atoms with Gasteiger partial charge in [0.2, 0.25) is 0 Å². The number of methoxy groups -OCH3 is 1. The first-order valence-electron chi connectivity index (χ1n) is 11.8. The molecule has 2 aromatic heterocycles. The number of benzene rings is 2. The van der Waals surface area contributed by atoms with Gasteiger partial charge < -0.3 is 9.64 Å². The van der Waals surface area contributed by atoms with Crippen LogP contribution in [0.4, 0.5) is 8.78 Å². The summed E-state index contributed by atoms with van der Waals surface area (Å²) in [5.41, 5.74) is 3.37. The molecule has 9 heteroatoms. The summed E-state index contributed by atoms with van der Waals surface area (Å²) in [5.74, 6) is 0.247. The molecule has 0 N–H and O–H groups in total. The first-order chi connectivity index (χ1) is 17.5. The maximum atomic E-state index is 14.0. The van der Waals surface area contributed by atoms with Crippen LogP contribution in [0, 0.1) is 6.92 Å². The SMILES string of the molecule is COc1ccccc1-c1cc(C(F)F)n2ncc(C(=O)N3CCN(Cc4ccccc4C)CC3)c2n1. The van der Waals surface area contributed by atoms with E-state index in [1.807, 2.05) is 12.1 Å². The number of ether oxygens (including phenoxy) is 1. The summed E-state index contributed by atoms with van der Waals surface area (Å²) < 4.78 is 34.4. The number of hydrogen-bond acceptors (Lipinski definition) is 5. The van der Waals surface area contributed by atoms with E-state index in [0.29, 0.717) is 30.1 Å². The van der Waals surface area contributed by atoms with Crippen molar-refractivity contribution in [2.75, 3.05) is 33.3 Å². The van der Waals surface area contributed by atoms with Crippen molar-refractivity contribution in [3.05, 3.63) is 83.2 Å². The van der Waals surface area contributed by atoms with E-state index in [1.54, 1.807) is 29.2 Å². The predicted octanol–water partition coefficient (Wildman–Crippen LogP) is 4.61. The van der Waals surface area contributed by atoms with Crippen LogP contribution in [-0.2, 0) is 6.54 Å². The minimum Gasteiger partial charge on any atom is -0.496 e. The number of carbonyl (C=O) groups excluding carboxylic acids is 1. The van der Waals surface area contributed by atoms with Crippen molar-refractivity contribution in [3.8, 4) is 17.0 Å². The van der Waals surface area contributed by atoms with Gasteiger partial charge in [-0.1, -0.05) is 36.4 Å². The molecule has 1 aliphatic heterocycles. The largest absolute Gasteiger partial charge is 0.496 e. The molecule has 1 aliphatic rings. The van der Waals surface area contributed by atoms with Crippen molar-refractivity contribution in [3.63, 3.8) is 0 Å². The average Bonchev–Trinajstić information content (AvgIpc) is 3.33. The summed E-state index contributed by atoms with van der Waals surface area (Å²) in [6.45, 7) is 5.45. The number of aryl methyl sites for hydroxylation is 1. The number of hydrogen-bond donors (Lipinski definition) is 0. The first-order valence-corrected chi connectivity index (χ1v) is 11.8. The number of fused-ring (bicyclic) bond motifs is 1. The maximum absolute atomic E-state index is 14.0. The molecule has 0 aliphatic carbocycles. The van der Waals surface area contributed by atoms with Gasteiger partial charge in [-0.25, -0.2) is 18.3 Å². The summed E-state index contributed by atoms with van der Waals surface area (Å²) in [6, 6.07) is 16.6. The van der Waals surface area contributed by atoms with E-state index in [1.165, 1.54) is 30.5 Å². The van der Waals surface area contributed by atoms with E-state index in [9.17, 15) is 13.6 Å². The van der Waals surface area contributed by atoms with Gasteiger partial charge in [0.15, 0.2) is 5.65 Å². The Kier molecular flexibility index (Phi) is 6.65. The molecule has 1 amide bonds. The fraction of sp³-hybridized carbons (Fsp3) is 0.296. The quantitative estimate of drug-likeness (QED) is 0.394. The number of rotatable bonds is 6. The van der Waals surface area contributed by atoms with Crippen molar-refractivity contribution in [2.45, 2.75) is 19.9 Å². The molecule has 0 unspecified atom stereocenters. The van der Waals surface area contributed by atoms with Gasteiger partial charge in [0.1, 0.15) is 17.0 Å². The number of carbonyl (C=O) groups is 1. The van der Waals surface area contributed by atoms with Crippen LogP contribution in [0.15, 0.2) is 60.8 Å². The molecule has 186 valence electrons. The highest BCUT2D eigenvalue weighted by Crippen LogP contribution is 2.32. The van der Waals surface area contributed by atoms with Crippen LogP contribution in [0.3, 0.4) is 0 Å². The van der Waals surface area contributed by atoms with E-state index < -0.39 is 6.43 Å². The Balaban J connectivity index is 1.41. The Labute approximate surface area is 207 Å². The second-order valence-corrected chi connectivity index (χ2v) is 8.86. The minimum absolute atomic E-state index is 0.112. The van der Waals surface area contributed by atoms with E-state index in [0.717, 1.165) is 24.1 Å². The third-order valence-corrected chi connectivity index (χ3v) is 6.65. The molecule has 5 rings (SSSR count). The molecule has 0 spiro atoms. The molecule has 2 aromatic carbocycles. The van der Waals surface area contributed by atoms with Crippen molar-refractivity contribution in [1.29, 1.82) is 0 Å². The molecule has 0 atom stereocenters. The Morgan fingerprint density at radius 2 is 1.78 bits per heavy atom. The molecule has 1 saturated heterocycles. The number of alkyl halides is 2. The van der Waals surface area contributed by atoms with Crippen LogP contribution >= 0.6 is 0 Å². The summed E-state index contributed by atoms with van der Waals surface area (Å²) in [7, 11) is 1.51. The van der Waals surface area contributed by atoms with Gasteiger partial charge in [0, 0.05) is 38.3 Å². The monoisotopic (exact) mass is 491 g/mol. The number of amides is 1. The zero-order valence-electron chi connectivity index (χ0n) is 20.2. The highest BCUT2D eigenvalue weighted by atomic mass is 19.3. The summed E-state index contributed by atoms with van der Waals surface area (Å²) in [4.78, 5) is 22.1. The van der Waals surface area contributed by atoms with Gasteiger partial charge >= 0.3 is 0 Å². The molecular formula is C27H27F2N5O2. The van der Waals surface area contributed by atoms with E-state index in [4.69, 9.17) is 4.74 Å². The Bertz CT molecular complexity index is 1400. The van der Waals surface area contributed by atoms with Gasteiger partial charge in [0.05, 0.1) is 19.0 Å². The standard InChI is InChI=1S/C27H27F2N5O2/c1-18-7-3-4-8-19(18)17-32-11-13-33(14-12-32)27(35)21-16-30-34-23(25(28)29)15-22(31-26(21)34)20-9-5-6-10-24(20)36-2/h3-10,15-16,25H,11-14,17H2,1-2H3. The van der Waals surface area contributed by atoms with Crippen molar-refractivity contribution < 1.29 is 18.3 Å². The highest BCUT2D eigenvalue weighted by molar-refractivity contribution is 6.00. The third kappa shape index (κ3) is 4.54. The van der Waals surface area contributed by atoms with Gasteiger partial charge in [-0.2, -0.15) is 5.10 Å². The highest BCUT2D eigenvalue weighted by Gasteiger charge is 2.27. The van der Waals surface area contributed by atoms with Crippen molar-refractivity contribution in [1.82, 2.24) is 24.4 Å². The lowest BCUT2D eigenvalue weighted by molar-refractivity contribution is 0.0629. The Morgan fingerprint density at radius 3 is 2.50 bits per heavy atom. The number of piperazine rings is 1. The Hall–Kier alpha value is -3.85. The third-order valence-electron chi connectivity index (χ3n) is 6.65. The second kappa shape index (κ2) is 10.0. The lowest BCUT2D eigenvalue weighted by Crippen LogP contribution is -2.48. The lowest BCUT2D eigenvalue weighted by atomic mass is 10.1. The lowest BCUT2D eigenvalue weighted by Gasteiger charge is -2.34. The number of aromatic nitrogens is 3. The maximum Gasteiger partial charge on any atom is 0.280 e. The minimum atomic E-state index is -2.79. The number of halogens is 2. The van der Waals surface area contributed by atoms with Crippen LogP contribution < -0.4 is 4.74 Å². The topological polar surface area (TPSA) is 63.0 Å². The summed E-state index contributed by atoms with van der Waals surface area (Å²) in [5, 5.41) is 4.10. The van der Waals surface area contributed by atoms with Crippen molar-refractivity contribution >= 4 is 11.6 Å².